The Labute approximate surface area is 236 Å². The van der Waals surface area contributed by atoms with Gasteiger partial charge in [0.1, 0.15) is 18.8 Å². The number of halogens is 1. The van der Waals surface area contributed by atoms with Crippen LogP contribution in [0, 0.1) is 0 Å². The van der Waals surface area contributed by atoms with Crippen molar-refractivity contribution in [2.24, 2.45) is 0 Å². The molecule has 1 saturated heterocycles. The van der Waals surface area contributed by atoms with Crippen molar-refractivity contribution in [3.63, 3.8) is 0 Å². The van der Waals surface area contributed by atoms with E-state index in [0.717, 1.165) is 35.4 Å². The fraction of sp³-hybridized carbons (Fsp3) is 0.333. The number of fused-ring (bicyclic) bond motifs is 1. The van der Waals surface area contributed by atoms with Gasteiger partial charge in [-0.05, 0) is 63.0 Å². The van der Waals surface area contributed by atoms with Crippen LogP contribution in [0.4, 0.5) is 15.0 Å². The molecule has 2 aromatic heterocycles. The maximum absolute atomic E-state index is 13.2. The first kappa shape index (κ1) is 28.0. The number of nitrogens with one attached hydrogen (secondary N) is 2. The molecular weight excluding hydrogens is 529 g/mol. The number of aromatic nitrogens is 2. The molecule has 2 N–H and O–H groups in total. The summed E-state index contributed by atoms with van der Waals surface area (Å²) >= 11 is 0. The molecule has 10 nitrogen and oxygen atoms in total. The normalized spacial score (nSPS) is 13.8. The first-order chi connectivity index (χ1) is 19.7. The lowest BCUT2D eigenvalue weighted by atomic mass is 9.94. The zero-order valence-electron chi connectivity index (χ0n) is 23.0. The third-order valence-electron chi connectivity index (χ3n) is 7.03. The van der Waals surface area contributed by atoms with E-state index < -0.39 is 36.7 Å². The van der Waals surface area contributed by atoms with Crippen LogP contribution in [0.15, 0.2) is 65.1 Å². The molecule has 3 heterocycles. The van der Waals surface area contributed by atoms with Crippen molar-refractivity contribution < 1.29 is 27.9 Å². The molecule has 1 aliphatic rings. The number of amides is 2. The van der Waals surface area contributed by atoms with Crippen molar-refractivity contribution in [2.45, 2.75) is 38.8 Å². The second-order valence-electron chi connectivity index (χ2n) is 10.5. The van der Waals surface area contributed by atoms with Gasteiger partial charge in [0.05, 0.1) is 5.54 Å². The molecule has 4 aromatic rings. The van der Waals surface area contributed by atoms with E-state index in [0.29, 0.717) is 5.56 Å². The van der Waals surface area contributed by atoms with Gasteiger partial charge < -0.3 is 19.8 Å². The number of nitrogens with zero attached hydrogens (tertiary/aromatic N) is 3. The van der Waals surface area contributed by atoms with Crippen LogP contribution in [0.5, 0.6) is 0 Å². The second kappa shape index (κ2) is 11.9. The Morgan fingerprint density at radius 2 is 1.73 bits per heavy atom. The number of anilines is 1. The van der Waals surface area contributed by atoms with Crippen LogP contribution < -0.4 is 10.6 Å². The molecule has 214 valence electrons. The highest BCUT2D eigenvalue weighted by atomic mass is 19.1. The van der Waals surface area contributed by atoms with Gasteiger partial charge in [-0.2, -0.15) is 4.68 Å². The van der Waals surface area contributed by atoms with E-state index in [9.17, 15) is 18.8 Å². The molecule has 0 saturated carbocycles. The second-order valence-corrected chi connectivity index (χ2v) is 10.5. The highest BCUT2D eigenvalue weighted by molar-refractivity contribution is 6.08. The molecular formula is C30H32FN5O5. The molecule has 0 radical (unpaired) electrons. The smallest absolute Gasteiger partial charge is 0.435 e. The summed E-state index contributed by atoms with van der Waals surface area (Å²) in [7, 11) is 0. The van der Waals surface area contributed by atoms with Crippen molar-refractivity contribution in [1.29, 1.82) is 0 Å². The van der Waals surface area contributed by atoms with E-state index in [4.69, 9.17) is 9.15 Å². The molecule has 2 aromatic carbocycles. The molecule has 0 bridgehead atoms. The molecule has 0 spiro atoms. The topological polar surface area (TPSA) is 119 Å². The van der Waals surface area contributed by atoms with Crippen LogP contribution in [-0.2, 0) is 16.8 Å². The molecule has 41 heavy (non-hydrogen) atoms. The fourth-order valence-corrected chi connectivity index (χ4v) is 4.84. The van der Waals surface area contributed by atoms with E-state index in [-0.39, 0.29) is 22.7 Å². The standard InChI is InChI=1S/C30H32FN5O5/c1-30(2,22-8-4-3-5-9-22)33-28(38)24-18-23-25(41-24)26(34-36(23)29(39)40-17-14-31)32-27(37)21-12-10-20(11-13-21)19-35-15-6-7-16-35/h3-5,8-13,18H,6-7,14-17,19H2,1-2H3,(H,33,38)(H,32,34,37). The van der Waals surface area contributed by atoms with Crippen LogP contribution in [0.2, 0.25) is 0 Å². The van der Waals surface area contributed by atoms with Gasteiger partial charge in [-0.25, -0.2) is 9.18 Å². The molecule has 11 heteroatoms. The third kappa shape index (κ3) is 6.30. The molecule has 0 aliphatic carbocycles. The van der Waals surface area contributed by atoms with E-state index in [1.807, 2.05) is 56.3 Å². The maximum atomic E-state index is 13.2. The molecule has 1 fully saturated rings. The quantitative estimate of drug-likeness (QED) is 0.292. The predicted octanol–water partition coefficient (Wildman–Crippen LogP) is 5.10. The van der Waals surface area contributed by atoms with Gasteiger partial charge in [0.2, 0.25) is 0 Å². The Kier molecular flexibility index (Phi) is 8.16. The van der Waals surface area contributed by atoms with Gasteiger partial charge in [-0.15, -0.1) is 5.10 Å². The average molecular weight is 562 g/mol. The maximum Gasteiger partial charge on any atom is 0.435 e. The Balaban J connectivity index is 1.39. The predicted molar refractivity (Wildman–Crippen MR) is 151 cm³/mol. The number of likely N-dealkylation sites (tertiary alicyclic amines) is 1. The van der Waals surface area contributed by atoms with Crippen LogP contribution >= 0.6 is 0 Å². The zero-order valence-corrected chi connectivity index (χ0v) is 23.0. The number of benzene rings is 2. The number of carbonyl (C=O) groups excluding carboxylic acids is 3. The summed E-state index contributed by atoms with van der Waals surface area (Å²) in [5.74, 6) is -1.20. The summed E-state index contributed by atoms with van der Waals surface area (Å²) in [6, 6.07) is 18.0. The summed E-state index contributed by atoms with van der Waals surface area (Å²) in [4.78, 5) is 41.2. The summed E-state index contributed by atoms with van der Waals surface area (Å²) in [5.41, 5.74) is 1.72. The number of carbonyl (C=O) groups is 3. The highest BCUT2D eigenvalue weighted by Crippen LogP contribution is 2.29. The lowest BCUT2D eigenvalue weighted by molar-refractivity contribution is 0.0885. The monoisotopic (exact) mass is 561 g/mol. The number of ether oxygens (including phenoxy) is 1. The largest absolute Gasteiger partial charge is 0.445 e. The zero-order chi connectivity index (χ0) is 29.0. The van der Waals surface area contributed by atoms with Crippen molar-refractivity contribution >= 4 is 34.8 Å². The van der Waals surface area contributed by atoms with Crippen molar-refractivity contribution in [2.75, 3.05) is 31.7 Å². The molecule has 5 rings (SSSR count). The van der Waals surface area contributed by atoms with E-state index in [1.54, 1.807) is 12.1 Å². The summed E-state index contributed by atoms with van der Waals surface area (Å²) in [5, 5.41) is 9.72. The molecule has 1 aliphatic heterocycles. The number of furan rings is 1. The summed E-state index contributed by atoms with van der Waals surface area (Å²) in [6.07, 6.45) is 1.42. The first-order valence-corrected chi connectivity index (χ1v) is 13.5. The van der Waals surface area contributed by atoms with Gasteiger partial charge in [-0.3, -0.25) is 14.5 Å². The van der Waals surface area contributed by atoms with E-state index in [2.05, 4.69) is 20.6 Å². The van der Waals surface area contributed by atoms with Gasteiger partial charge in [-0.1, -0.05) is 42.5 Å². The van der Waals surface area contributed by atoms with Crippen LogP contribution in [0.1, 0.15) is 58.7 Å². The van der Waals surface area contributed by atoms with Gasteiger partial charge in [0.25, 0.3) is 11.8 Å². The Hall–Kier alpha value is -4.51. The average Bonchev–Trinajstić information content (AvgIpc) is 3.71. The van der Waals surface area contributed by atoms with Gasteiger partial charge in [0.15, 0.2) is 17.2 Å². The first-order valence-electron chi connectivity index (χ1n) is 13.5. The van der Waals surface area contributed by atoms with Crippen LogP contribution in [-0.4, -0.2) is 59.0 Å². The third-order valence-corrected chi connectivity index (χ3v) is 7.03. The van der Waals surface area contributed by atoms with Crippen LogP contribution in [0.3, 0.4) is 0 Å². The Morgan fingerprint density at radius 3 is 2.41 bits per heavy atom. The van der Waals surface area contributed by atoms with Crippen molar-refractivity contribution in [3.05, 3.63) is 83.1 Å². The summed E-state index contributed by atoms with van der Waals surface area (Å²) in [6.45, 7) is 5.32. The number of hydrogen-bond donors (Lipinski definition) is 2. The highest BCUT2D eigenvalue weighted by Gasteiger charge is 2.28. The van der Waals surface area contributed by atoms with Gasteiger partial charge in [0, 0.05) is 18.2 Å². The lowest BCUT2D eigenvalue weighted by Gasteiger charge is -2.26. The van der Waals surface area contributed by atoms with E-state index >= 15 is 0 Å². The number of rotatable bonds is 9. The number of alkyl halides is 1. The minimum atomic E-state index is -0.975. The van der Waals surface area contributed by atoms with Crippen LogP contribution in [0.25, 0.3) is 11.1 Å². The SMILES string of the molecule is CC(C)(NC(=O)c1cc2c(o1)c(NC(=O)c1ccc(CN3CCCC3)cc1)nn2C(=O)OCCF)c1ccccc1. The Morgan fingerprint density at radius 1 is 1.02 bits per heavy atom. The fourth-order valence-electron chi connectivity index (χ4n) is 4.84. The molecule has 2 amide bonds. The van der Waals surface area contributed by atoms with Crippen molar-refractivity contribution in [3.8, 4) is 0 Å². The molecule has 0 unspecified atom stereocenters. The van der Waals surface area contributed by atoms with Gasteiger partial charge >= 0.3 is 6.09 Å². The lowest BCUT2D eigenvalue weighted by Crippen LogP contribution is -2.40. The van der Waals surface area contributed by atoms with Crippen molar-refractivity contribution in [1.82, 2.24) is 20.0 Å². The van der Waals surface area contributed by atoms with E-state index in [1.165, 1.54) is 18.9 Å². The minimum Gasteiger partial charge on any atom is -0.445 e. The Bertz CT molecular complexity index is 1540. The number of hydrogen-bond acceptors (Lipinski definition) is 7. The minimum absolute atomic E-state index is 0.00358. The summed E-state index contributed by atoms with van der Waals surface area (Å²) < 4.78 is 24.2. The molecule has 0 atom stereocenters.